The summed E-state index contributed by atoms with van der Waals surface area (Å²) in [6.07, 6.45) is 0. The van der Waals surface area contributed by atoms with Crippen LogP contribution in [-0.4, -0.2) is 60.0 Å². The quantitative estimate of drug-likeness (QED) is 0.528. The third-order valence-electron chi connectivity index (χ3n) is 5.69. The molecule has 1 saturated heterocycles. The number of hydrogen-bond acceptors (Lipinski definition) is 4. The summed E-state index contributed by atoms with van der Waals surface area (Å²) in [5.41, 5.74) is 4.37. The zero-order chi connectivity index (χ0) is 22.2. The van der Waals surface area contributed by atoms with Gasteiger partial charge >= 0.3 is 0 Å². The Labute approximate surface area is 184 Å². The van der Waals surface area contributed by atoms with E-state index in [-0.39, 0.29) is 5.91 Å². The van der Waals surface area contributed by atoms with E-state index in [1.54, 1.807) is 19.1 Å². The molecule has 7 heteroatoms. The number of amides is 1. The number of hydrogen-bond donors (Lipinski definition) is 3. The monoisotopic (exact) mass is 429 g/mol. The number of benzene rings is 2. The molecule has 0 saturated carbocycles. The Hall–Kier alpha value is -2.61. The maximum Gasteiger partial charge on any atom is 0.279 e. The van der Waals surface area contributed by atoms with Gasteiger partial charge in [0.05, 0.1) is 34.5 Å². The number of nitrogens with one attached hydrogen (secondary N) is 3. The van der Waals surface area contributed by atoms with Gasteiger partial charge in [-0.2, -0.15) is 0 Å². The van der Waals surface area contributed by atoms with Crippen molar-refractivity contribution in [3.8, 4) is 11.5 Å². The van der Waals surface area contributed by atoms with Gasteiger partial charge in [-0.15, -0.1) is 0 Å². The molecule has 2 aromatic rings. The van der Waals surface area contributed by atoms with E-state index in [2.05, 4.69) is 17.4 Å². The number of carbonyl (C=O) groups is 1. The van der Waals surface area contributed by atoms with Crippen LogP contribution in [0.15, 0.2) is 36.4 Å². The summed E-state index contributed by atoms with van der Waals surface area (Å²) in [6.45, 7) is 7.92. The molecule has 1 fully saturated rings. The summed E-state index contributed by atoms with van der Waals surface area (Å²) in [5, 5.41) is 3.01. The minimum absolute atomic E-state index is 0.00202. The molecule has 31 heavy (non-hydrogen) atoms. The summed E-state index contributed by atoms with van der Waals surface area (Å²) in [7, 11) is 5.29. The van der Waals surface area contributed by atoms with Crippen LogP contribution in [-0.2, 0) is 22.6 Å². The van der Waals surface area contributed by atoms with Crippen LogP contribution in [0.2, 0.25) is 0 Å². The number of quaternary nitrogens is 2. The third kappa shape index (κ3) is 6.69. The smallest absolute Gasteiger partial charge is 0.279 e. The molecule has 3 rings (SSSR count). The van der Waals surface area contributed by atoms with E-state index in [0.717, 1.165) is 66.9 Å². The fourth-order valence-electron chi connectivity index (χ4n) is 3.91. The number of aryl methyl sites for hydroxylation is 1. The molecule has 1 aliphatic rings. The van der Waals surface area contributed by atoms with Gasteiger partial charge in [-0.25, -0.2) is 0 Å². The molecule has 1 amide bonds. The number of carbonyl (C=O) groups excluding carboxylic acids is 1. The fraction of sp³-hybridized carbons (Fsp3) is 0.458. The zero-order valence-corrected chi connectivity index (χ0v) is 19.0. The van der Waals surface area contributed by atoms with Crippen LogP contribution in [0.4, 0.5) is 5.69 Å². The highest BCUT2D eigenvalue weighted by Gasteiger charge is 2.16. The molecule has 0 radical (unpaired) electrons. The van der Waals surface area contributed by atoms with Gasteiger partial charge in [0.1, 0.15) is 26.2 Å². The SMILES string of the molecule is COc1cc(C)c(C[NH+](C)CC(=O)Nc2ccc(C[NH+]3CCOCC3)cc2)cc1OC. The van der Waals surface area contributed by atoms with Crippen molar-refractivity contribution >= 4 is 11.6 Å². The molecule has 7 nitrogen and oxygen atoms in total. The molecular formula is C24H35N3O4+2. The Morgan fingerprint density at radius 2 is 1.74 bits per heavy atom. The second-order valence-electron chi connectivity index (χ2n) is 8.23. The van der Waals surface area contributed by atoms with Gasteiger partial charge < -0.3 is 29.3 Å². The summed E-state index contributed by atoms with van der Waals surface area (Å²) in [6, 6.07) is 12.1. The second-order valence-corrected chi connectivity index (χ2v) is 8.23. The largest absolute Gasteiger partial charge is 0.493 e. The average Bonchev–Trinajstić information content (AvgIpc) is 2.76. The van der Waals surface area contributed by atoms with Gasteiger partial charge in [-0.3, -0.25) is 4.79 Å². The van der Waals surface area contributed by atoms with E-state index in [4.69, 9.17) is 14.2 Å². The molecule has 1 heterocycles. The first-order valence-electron chi connectivity index (χ1n) is 10.8. The summed E-state index contributed by atoms with van der Waals surface area (Å²) >= 11 is 0. The van der Waals surface area contributed by atoms with Crippen LogP contribution in [0.25, 0.3) is 0 Å². The van der Waals surface area contributed by atoms with Crippen molar-refractivity contribution in [3.05, 3.63) is 53.1 Å². The van der Waals surface area contributed by atoms with Crippen molar-refractivity contribution in [2.24, 2.45) is 0 Å². The van der Waals surface area contributed by atoms with E-state index in [9.17, 15) is 4.79 Å². The van der Waals surface area contributed by atoms with Gasteiger partial charge in [0, 0.05) is 16.8 Å². The predicted octanol–water partition coefficient (Wildman–Crippen LogP) is 0.0807. The number of morpholine rings is 1. The Balaban J connectivity index is 1.51. The van der Waals surface area contributed by atoms with Crippen molar-refractivity contribution < 1.29 is 28.8 Å². The normalized spacial score (nSPS) is 15.4. The topological polar surface area (TPSA) is 65.7 Å². The Kier molecular flexibility index (Phi) is 8.28. The van der Waals surface area contributed by atoms with E-state index < -0.39 is 0 Å². The Bertz CT molecular complexity index is 864. The lowest BCUT2D eigenvalue weighted by Crippen LogP contribution is -3.12. The standard InChI is InChI=1S/C24H33N3O4/c1-18-13-22(29-3)23(30-4)14-20(18)16-26(2)17-24(28)25-21-7-5-19(6-8-21)15-27-9-11-31-12-10-27/h5-8,13-14H,9-12,15-17H2,1-4H3,(H,25,28)/p+2. The van der Waals surface area contributed by atoms with E-state index in [1.165, 1.54) is 5.56 Å². The first-order valence-corrected chi connectivity index (χ1v) is 10.8. The Morgan fingerprint density at radius 1 is 1.10 bits per heavy atom. The predicted molar refractivity (Wildman–Crippen MR) is 120 cm³/mol. The van der Waals surface area contributed by atoms with Gasteiger partial charge in [0.2, 0.25) is 0 Å². The van der Waals surface area contributed by atoms with E-state index in [0.29, 0.717) is 12.3 Å². The van der Waals surface area contributed by atoms with Crippen molar-refractivity contribution in [1.82, 2.24) is 0 Å². The second kappa shape index (κ2) is 11.1. The zero-order valence-electron chi connectivity index (χ0n) is 19.0. The van der Waals surface area contributed by atoms with Crippen LogP contribution in [0.5, 0.6) is 11.5 Å². The van der Waals surface area contributed by atoms with Gasteiger partial charge in [-0.05, 0) is 36.8 Å². The minimum Gasteiger partial charge on any atom is -0.493 e. The number of methoxy groups -OCH3 is 2. The van der Waals surface area contributed by atoms with Crippen molar-refractivity contribution in [3.63, 3.8) is 0 Å². The molecule has 0 bridgehead atoms. The molecule has 1 atom stereocenters. The summed E-state index contributed by atoms with van der Waals surface area (Å²) in [5.74, 6) is 1.43. The summed E-state index contributed by atoms with van der Waals surface area (Å²) < 4.78 is 16.2. The molecule has 0 aromatic heterocycles. The van der Waals surface area contributed by atoms with Crippen LogP contribution in [0, 0.1) is 6.92 Å². The molecule has 3 N–H and O–H groups in total. The first-order chi connectivity index (χ1) is 15.0. The number of ether oxygens (including phenoxy) is 3. The molecular weight excluding hydrogens is 394 g/mol. The van der Waals surface area contributed by atoms with Crippen LogP contribution in [0.3, 0.4) is 0 Å². The maximum absolute atomic E-state index is 12.5. The molecule has 0 spiro atoms. The number of likely N-dealkylation sites (N-methyl/N-ethyl adjacent to an activating group) is 1. The molecule has 0 aliphatic carbocycles. The van der Waals surface area contributed by atoms with Crippen LogP contribution < -0.4 is 24.6 Å². The highest BCUT2D eigenvalue weighted by Crippen LogP contribution is 2.29. The van der Waals surface area contributed by atoms with E-state index in [1.807, 2.05) is 38.2 Å². The van der Waals surface area contributed by atoms with E-state index >= 15 is 0 Å². The van der Waals surface area contributed by atoms with Crippen LogP contribution >= 0.6 is 0 Å². The lowest BCUT2D eigenvalue weighted by molar-refractivity contribution is -0.921. The number of anilines is 1. The lowest BCUT2D eigenvalue weighted by atomic mass is 10.1. The van der Waals surface area contributed by atoms with Gasteiger partial charge in [0.25, 0.3) is 5.91 Å². The third-order valence-corrected chi connectivity index (χ3v) is 5.69. The Morgan fingerprint density at radius 3 is 2.39 bits per heavy atom. The number of rotatable bonds is 9. The lowest BCUT2D eigenvalue weighted by Gasteiger charge is -2.23. The molecule has 1 unspecified atom stereocenters. The van der Waals surface area contributed by atoms with Gasteiger partial charge in [0.15, 0.2) is 18.0 Å². The molecule has 168 valence electrons. The van der Waals surface area contributed by atoms with Crippen molar-refractivity contribution in [2.75, 3.05) is 59.4 Å². The highest BCUT2D eigenvalue weighted by atomic mass is 16.5. The minimum atomic E-state index is 0.00202. The molecule has 1 aliphatic heterocycles. The van der Waals surface area contributed by atoms with Gasteiger partial charge in [-0.1, -0.05) is 12.1 Å². The van der Waals surface area contributed by atoms with Crippen molar-refractivity contribution in [2.45, 2.75) is 20.0 Å². The fourth-order valence-corrected chi connectivity index (χ4v) is 3.91. The summed E-state index contributed by atoms with van der Waals surface area (Å²) in [4.78, 5) is 15.2. The average molecular weight is 430 g/mol. The van der Waals surface area contributed by atoms with Crippen molar-refractivity contribution in [1.29, 1.82) is 0 Å². The highest BCUT2D eigenvalue weighted by molar-refractivity contribution is 5.91. The molecule has 2 aromatic carbocycles. The maximum atomic E-state index is 12.5. The van der Waals surface area contributed by atoms with Crippen LogP contribution in [0.1, 0.15) is 16.7 Å². The first kappa shape index (κ1) is 23.1.